The molecule has 0 aliphatic carbocycles. The number of para-hydroxylation sites is 2. The van der Waals surface area contributed by atoms with E-state index in [0.717, 1.165) is 66.1 Å². The minimum absolute atomic E-state index is 0.0328. The maximum absolute atomic E-state index is 13.1. The number of rotatable bonds is 6. The van der Waals surface area contributed by atoms with Gasteiger partial charge < -0.3 is 14.1 Å². The second-order valence-electron chi connectivity index (χ2n) is 10.5. The van der Waals surface area contributed by atoms with Gasteiger partial charge in [0.25, 0.3) is 0 Å². The summed E-state index contributed by atoms with van der Waals surface area (Å²) in [6, 6.07) is 41.6. The van der Waals surface area contributed by atoms with Crippen molar-refractivity contribution in [1.82, 2.24) is 0 Å². The molecular formula is C38H29NO3. The van der Waals surface area contributed by atoms with E-state index in [2.05, 4.69) is 89.8 Å². The second-order valence-corrected chi connectivity index (χ2v) is 10.5. The predicted octanol–water partition coefficient (Wildman–Crippen LogP) is 10.3. The molecule has 0 aliphatic rings. The number of carbonyl (C=O) groups excluding carboxylic acids is 1. The lowest BCUT2D eigenvalue weighted by molar-refractivity contribution is -0.111. The summed E-state index contributed by atoms with van der Waals surface area (Å²) in [4.78, 5) is 15.5. The lowest BCUT2D eigenvalue weighted by Gasteiger charge is -2.29. The van der Waals surface area contributed by atoms with Crippen molar-refractivity contribution in [2.45, 2.75) is 13.8 Å². The molecular weight excluding hydrogens is 518 g/mol. The number of nitrogens with zero attached hydrogens (tertiary/aromatic N) is 1. The smallest absolute Gasteiger partial charge is 0.163 e. The van der Waals surface area contributed by atoms with E-state index in [0.29, 0.717) is 11.3 Å². The summed E-state index contributed by atoms with van der Waals surface area (Å²) in [6.45, 7) is 3.46. The van der Waals surface area contributed by atoms with Gasteiger partial charge in [0.05, 0.1) is 18.4 Å². The van der Waals surface area contributed by atoms with E-state index in [1.54, 1.807) is 14.0 Å². The Labute approximate surface area is 244 Å². The van der Waals surface area contributed by atoms with Crippen LogP contribution in [0.25, 0.3) is 49.1 Å². The number of methoxy groups -OCH3 is 1. The molecule has 1 aromatic heterocycles. The molecule has 0 amide bonds. The zero-order chi connectivity index (χ0) is 28.8. The van der Waals surface area contributed by atoms with Crippen LogP contribution in [0, 0.1) is 0 Å². The maximum Gasteiger partial charge on any atom is 0.163 e. The average molecular weight is 548 g/mol. The third kappa shape index (κ3) is 4.03. The summed E-state index contributed by atoms with van der Waals surface area (Å²) in [5.41, 5.74) is 6.29. The first-order chi connectivity index (χ1) is 20.6. The number of hydrogen-bond donors (Lipinski definition) is 0. The Balaban J connectivity index is 1.62. The van der Waals surface area contributed by atoms with E-state index in [-0.39, 0.29) is 5.78 Å². The van der Waals surface area contributed by atoms with Crippen molar-refractivity contribution < 1.29 is 13.9 Å². The molecule has 4 nitrogen and oxygen atoms in total. The van der Waals surface area contributed by atoms with E-state index in [4.69, 9.17) is 9.15 Å². The number of ether oxygens (including phenoxy) is 1. The van der Waals surface area contributed by atoms with Crippen LogP contribution in [-0.2, 0) is 9.53 Å². The lowest BCUT2D eigenvalue weighted by atomic mass is 9.88. The van der Waals surface area contributed by atoms with Crippen LogP contribution < -0.4 is 4.90 Å². The third-order valence-electron chi connectivity index (χ3n) is 8.02. The highest BCUT2D eigenvalue weighted by molar-refractivity contribution is 6.30. The number of hydrogen-bond acceptors (Lipinski definition) is 4. The quantitative estimate of drug-likeness (QED) is 0.118. The summed E-state index contributed by atoms with van der Waals surface area (Å²) < 4.78 is 11.8. The molecule has 7 rings (SSSR count). The van der Waals surface area contributed by atoms with Gasteiger partial charge in [0, 0.05) is 38.5 Å². The first kappa shape index (κ1) is 25.6. The van der Waals surface area contributed by atoms with Gasteiger partial charge in [-0.15, -0.1) is 0 Å². The molecule has 0 N–H and O–H groups in total. The summed E-state index contributed by atoms with van der Waals surface area (Å²) >= 11 is 0. The van der Waals surface area contributed by atoms with Gasteiger partial charge in [-0.3, -0.25) is 4.79 Å². The van der Waals surface area contributed by atoms with Crippen molar-refractivity contribution in [2.75, 3.05) is 12.0 Å². The highest BCUT2D eigenvalue weighted by atomic mass is 16.5. The van der Waals surface area contributed by atoms with Gasteiger partial charge in [0.2, 0.25) is 0 Å². The van der Waals surface area contributed by atoms with Crippen molar-refractivity contribution in [3.8, 4) is 0 Å². The van der Waals surface area contributed by atoms with Gasteiger partial charge in [-0.25, -0.2) is 0 Å². The molecule has 0 saturated heterocycles. The Morgan fingerprint density at radius 2 is 1.14 bits per heavy atom. The average Bonchev–Trinajstić information content (AvgIpc) is 3.40. The van der Waals surface area contributed by atoms with Crippen LogP contribution in [0.4, 0.5) is 17.1 Å². The van der Waals surface area contributed by atoms with E-state index in [1.165, 1.54) is 0 Å². The SMILES string of the molecule is CO/C(C)=C(\C(C)=O)c1c2ccccc2c(N(c2ccccc2)c2ccc3oc4ccccc4c3c2)c2ccccc12. The Hall–Kier alpha value is -5.35. The number of fused-ring (bicyclic) bond motifs is 5. The highest BCUT2D eigenvalue weighted by Crippen LogP contribution is 2.48. The van der Waals surface area contributed by atoms with Crippen LogP contribution in [0.3, 0.4) is 0 Å². The molecule has 0 saturated carbocycles. The van der Waals surface area contributed by atoms with Crippen molar-refractivity contribution >= 4 is 71.9 Å². The summed E-state index contributed by atoms with van der Waals surface area (Å²) in [5, 5.41) is 6.20. The molecule has 0 fully saturated rings. The molecule has 6 aromatic carbocycles. The van der Waals surface area contributed by atoms with Gasteiger partial charge in [-0.05, 0) is 61.0 Å². The molecule has 0 spiro atoms. The lowest BCUT2D eigenvalue weighted by Crippen LogP contribution is -2.12. The van der Waals surface area contributed by atoms with Gasteiger partial charge in [0.1, 0.15) is 16.9 Å². The molecule has 0 aliphatic heterocycles. The van der Waals surface area contributed by atoms with E-state index < -0.39 is 0 Å². The molecule has 42 heavy (non-hydrogen) atoms. The molecule has 4 heteroatoms. The zero-order valence-electron chi connectivity index (χ0n) is 23.7. The Kier molecular flexibility index (Phi) is 6.24. The molecule has 7 aromatic rings. The Morgan fingerprint density at radius 3 is 1.76 bits per heavy atom. The first-order valence-corrected chi connectivity index (χ1v) is 14.0. The zero-order valence-corrected chi connectivity index (χ0v) is 23.7. The number of ketones is 1. The summed E-state index contributed by atoms with van der Waals surface area (Å²) in [7, 11) is 1.61. The molecule has 0 radical (unpaired) electrons. The third-order valence-corrected chi connectivity index (χ3v) is 8.02. The van der Waals surface area contributed by atoms with E-state index in [1.807, 2.05) is 43.3 Å². The topological polar surface area (TPSA) is 42.7 Å². The van der Waals surface area contributed by atoms with Crippen LogP contribution >= 0.6 is 0 Å². The molecule has 0 unspecified atom stereocenters. The standard InChI is InChI=1S/C38H29NO3/c1-24(40)36(25(2)41-3)37-29-16-7-9-18-31(29)38(32-19-10-8-17-30(32)37)39(26-13-5-4-6-14-26)27-21-22-35-33(23-27)28-15-11-12-20-34(28)42-35/h4-23H,1-3H3/b36-25+. The van der Waals surface area contributed by atoms with E-state index >= 15 is 0 Å². The Morgan fingerprint density at radius 1 is 0.595 bits per heavy atom. The van der Waals surface area contributed by atoms with Gasteiger partial charge >= 0.3 is 0 Å². The van der Waals surface area contributed by atoms with Gasteiger partial charge in [-0.1, -0.05) is 84.9 Å². The fraction of sp³-hybridized carbons (Fsp3) is 0.0789. The minimum Gasteiger partial charge on any atom is -0.501 e. The van der Waals surface area contributed by atoms with E-state index in [9.17, 15) is 4.79 Å². The van der Waals surface area contributed by atoms with Crippen LogP contribution in [-0.4, -0.2) is 12.9 Å². The monoisotopic (exact) mass is 547 g/mol. The fourth-order valence-electron chi connectivity index (χ4n) is 6.16. The first-order valence-electron chi connectivity index (χ1n) is 14.0. The number of allylic oxidation sites excluding steroid dienone is 2. The van der Waals surface area contributed by atoms with Crippen molar-refractivity contribution in [1.29, 1.82) is 0 Å². The number of carbonyl (C=O) groups is 1. The second kappa shape index (κ2) is 10.2. The number of furan rings is 1. The fourth-order valence-corrected chi connectivity index (χ4v) is 6.16. The number of Topliss-reactive ketones (excluding diaryl/α,β-unsaturated/α-hetero) is 1. The largest absolute Gasteiger partial charge is 0.501 e. The maximum atomic E-state index is 13.1. The molecule has 0 bridgehead atoms. The van der Waals surface area contributed by atoms with Crippen LogP contribution in [0.5, 0.6) is 0 Å². The normalized spacial score (nSPS) is 12.2. The number of anilines is 3. The number of benzene rings is 6. The summed E-state index contributed by atoms with van der Waals surface area (Å²) in [6.07, 6.45) is 0. The van der Waals surface area contributed by atoms with Crippen molar-refractivity contribution in [2.24, 2.45) is 0 Å². The minimum atomic E-state index is -0.0328. The highest BCUT2D eigenvalue weighted by Gasteiger charge is 2.25. The van der Waals surface area contributed by atoms with Crippen molar-refractivity contribution in [3.63, 3.8) is 0 Å². The van der Waals surface area contributed by atoms with Crippen molar-refractivity contribution in [3.05, 3.63) is 133 Å². The molecule has 0 atom stereocenters. The molecule has 1 heterocycles. The predicted molar refractivity (Wildman–Crippen MR) is 174 cm³/mol. The van der Waals surface area contributed by atoms with Gasteiger partial charge in [0.15, 0.2) is 5.78 Å². The van der Waals surface area contributed by atoms with Crippen LogP contribution in [0.1, 0.15) is 19.4 Å². The van der Waals surface area contributed by atoms with Gasteiger partial charge in [-0.2, -0.15) is 0 Å². The summed E-state index contributed by atoms with van der Waals surface area (Å²) in [5.74, 6) is 0.567. The van der Waals surface area contributed by atoms with Crippen LogP contribution in [0.2, 0.25) is 0 Å². The Bertz CT molecular complexity index is 2120. The molecule has 204 valence electrons. The van der Waals surface area contributed by atoms with Crippen LogP contribution in [0.15, 0.2) is 132 Å².